The second-order valence-electron chi connectivity index (χ2n) is 6.21. The fourth-order valence-corrected chi connectivity index (χ4v) is 3.28. The molecular formula is C21H17N3O6S. The van der Waals surface area contributed by atoms with Crippen LogP contribution in [-0.2, 0) is 4.74 Å². The average Bonchev–Trinajstić information content (AvgIpc) is 3.29. The number of non-ortho nitro benzene ring substituents is 1. The van der Waals surface area contributed by atoms with Crippen LogP contribution in [0.1, 0.15) is 37.3 Å². The first kappa shape index (κ1) is 21.7. The third-order valence-electron chi connectivity index (χ3n) is 4.03. The van der Waals surface area contributed by atoms with Crippen LogP contribution < -0.4 is 10.6 Å². The van der Waals surface area contributed by atoms with E-state index in [9.17, 15) is 24.5 Å². The van der Waals surface area contributed by atoms with Crippen molar-refractivity contribution in [3.8, 4) is 0 Å². The van der Waals surface area contributed by atoms with Crippen LogP contribution >= 0.6 is 11.3 Å². The maximum absolute atomic E-state index is 12.7. The zero-order valence-corrected chi connectivity index (χ0v) is 17.1. The number of amides is 2. The predicted octanol–water partition coefficient (Wildman–Crippen LogP) is 4.34. The molecule has 2 N–H and O–H groups in total. The van der Waals surface area contributed by atoms with Crippen molar-refractivity contribution >= 4 is 46.2 Å². The van der Waals surface area contributed by atoms with E-state index in [4.69, 9.17) is 4.74 Å². The van der Waals surface area contributed by atoms with E-state index in [2.05, 4.69) is 10.6 Å². The van der Waals surface area contributed by atoms with Gasteiger partial charge in [0.25, 0.3) is 17.5 Å². The minimum absolute atomic E-state index is 0.0784. The topological polar surface area (TPSA) is 128 Å². The van der Waals surface area contributed by atoms with E-state index in [0.29, 0.717) is 16.3 Å². The van der Waals surface area contributed by atoms with Crippen LogP contribution in [0.3, 0.4) is 0 Å². The van der Waals surface area contributed by atoms with Gasteiger partial charge in [-0.2, -0.15) is 0 Å². The number of benzene rings is 2. The summed E-state index contributed by atoms with van der Waals surface area (Å²) in [5, 5.41) is 18.3. The highest BCUT2D eigenvalue weighted by Gasteiger charge is 2.19. The van der Waals surface area contributed by atoms with E-state index in [0.717, 1.165) is 12.1 Å². The van der Waals surface area contributed by atoms with Crippen LogP contribution in [0.25, 0.3) is 0 Å². The SMILES string of the molecule is CCOC(=O)c1cc(C(=O)Nc2cccc(NC(=O)c3cccs3)c2)cc([N+](=O)[O-])c1. The molecule has 2 aromatic carbocycles. The fraction of sp³-hybridized carbons (Fsp3) is 0.0952. The maximum atomic E-state index is 12.7. The number of nitro benzene ring substituents is 1. The van der Waals surface area contributed by atoms with Crippen molar-refractivity contribution in [2.24, 2.45) is 0 Å². The lowest BCUT2D eigenvalue weighted by atomic mass is 10.1. The minimum Gasteiger partial charge on any atom is -0.462 e. The Morgan fingerprint density at radius 3 is 2.26 bits per heavy atom. The minimum atomic E-state index is -0.765. The second-order valence-corrected chi connectivity index (χ2v) is 7.16. The lowest BCUT2D eigenvalue weighted by Crippen LogP contribution is -2.15. The third kappa shape index (κ3) is 5.52. The standard InChI is InChI=1S/C21H17N3O6S/c1-2-30-21(27)14-9-13(10-17(11-14)24(28)29)19(25)22-15-5-3-6-16(12-15)23-20(26)18-7-4-8-31-18/h3-12H,2H2,1H3,(H,22,25)(H,23,26). The van der Waals surface area contributed by atoms with Crippen LogP contribution in [0, 0.1) is 10.1 Å². The normalized spacial score (nSPS) is 10.2. The summed E-state index contributed by atoms with van der Waals surface area (Å²) in [4.78, 5) is 47.9. The van der Waals surface area contributed by atoms with Crippen LogP contribution in [-0.4, -0.2) is 29.3 Å². The van der Waals surface area contributed by atoms with Gasteiger partial charge in [0, 0.05) is 29.1 Å². The largest absolute Gasteiger partial charge is 0.462 e. The molecule has 0 unspecified atom stereocenters. The molecule has 1 aromatic heterocycles. The molecule has 2 amide bonds. The van der Waals surface area contributed by atoms with Gasteiger partial charge in [0.15, 0.2) is 0 Å². The van der Waals surface area contributed by atoms with Gasteiger partial charge in [0.05, 0.1) is 22.0 Å². The van der Waals surface area contributed by atoms with E-state index in [-0.39, 0.29) is 23.6 Å². The van der Waals surface area contributed by atoms with Crippen LogP contribution in [0.5, 0.6) is 0 Å². The molecule has 0 spiro atoms. The molecule has 158 valence electrons. The number of carbonyl (C=O) groups is 3. The van der Waals surface area contributed by atoms with E-state index >= 15 is 0 Å². The first-order chi connectivity index (χ1) is 14.9. The number of hydrogen-bond donors (Lipinski definition) is 2. The lowest BCUT2D eigenvalue weighted by molar-refractivity contribution is -0.384. The van der Waals surface area contributed by atoms with Crippen LogP contribution in [0.2, 0.25) is 0 Å². The van der Waals surface area contributed by atoms with E-state index in [1.807, 2.05) is 0 Å². The summed E-state index contributed by atoms with van der Waals surface area (Å²) in [6.45, 7) is 1.69. The molecule has 0 saturated carbocycles. The zero-order chi connectivity index (χ0) is 22.4. The van der Waals surface area contributed by atoms with Gasteiger partial charge in [0.1, 0.15) is 0 Å². The van der Waals surface area contributed by atoms with Crippen molar-refractivity contribution < 1.29 is 24.0 Å². The number of nitro groups is 1. The number of esters is 1. The number of nitrogens with one attached hydrogen (secondary N) is 2. The van der Waals surface area contributed by atoms with Gasteiger partial charge in [0.2, 0.25) is 0 Å². The molecule has 0 aliphatic carbocycles. The Hall–Kier alpha value is -4.05. The predicted molar refractivity (Wildman–Crippen MR) is 116 cm³/mol. The molecule has 0 aliphatic heterocycles. The van der Waals surface area contributed by atoms with Crippen molar-refractivity contribution in [2.75, 3.05) is 17.2 Å². The Labute approximate surface area is 180 Å². The number of carbonyl (C=O) groups excluding carboxylic acids is 3. The van der Waals surface area contributed by atoms with Gasteiger partial charge in [-0.25, -0.2) is 4.79 Å². The lowest BCUT2D eigenvalue weighted by Gasteiger charge is -2.09. The molecule has 0 atom stereocenters. The molecule has 9 nitrogen and oxygen atoms in total. The van der Waals surface area contributed by atoms with Crippen molar-refractivity contribution in [2.45, 2.75) is 6.92 Å². The van der Waals surface area contributed by atoms with Gasteiger partial charge in [-0.3, -0.25) is 19.7 Å². The Morgan fingerprint density at radius 1 is 0.968 bits per heavy atom. The van der Waals surface area contributed by atoms with E-state index in [1.54, 1.807) is 48.7 Å². The van der Waals surface area contributed by atoms with Gasteiger partial charge in [-0.05, 0) is 42.6 Å². The Morgan fingerprint density at radius 2 is 1.65 bits per heavy atom. The molecule has 0 saturated heterocycles. The molecule has 3 aromatic rings. The first-order valence-corrected chi connectivity index (χ1v) is 9.98. The zero-order valence-electron chi connectivity index (χ0n) is 16.3. The second kappa shape index (κ2) is 9.63. The van der Waals surface area contributed by atoms with Gasteiger partial charge in [-0.15, -0.1) is 11.3 Å². The summed E-state index contributed by atoms with van der Waals surface area (Å²) >= 11 is 1.30. The Kier molecular flexibility index (Phi) is 6.73. The van der Waals surface area contributed by atoms with Crippen molar-refractivity contribution in [1.82, 2.24) is 0 Å². The number of thiophene rings is 1. The average molecular weight is 439 g/mol. The summed E-state index contributed by atoms with van der Waals surface area (Å²) in [6, 6.07) is 13.2. The van der Waals surface area contributed by atoms with Gasteiger partial charge in [-0.1, -0.05) is 12.1 Å². The molecule has 0 radical (unpaired) electrons. The molecular weight excluding hydrogens is 422 g/mol. The number of nitrogens with zero attached hydrogens (tertiary/aromatic N) is 1. The molecule has 0 fully saturated rings. The van der Waals surface area contributed by atoms with Crippen LogP contribution in [0.4, 0.5) is 17.1 Å². The number of ether oxygens (including phenoxy) is 1. The first-order valence-electron chi connectivity index (χ1n) is 9.10. The van der Waals surface area contributed by atoms with Crippen molar-refractivity contribution in [3.63, 3.8) is 0 Å². The summed E-state index contributed by atoms with van der Waals surface area (Å²) in [6.07, 6.45) is 0. The monoisotopic (exact) mass is 439 g/mol. The summed E-state index contributed by atoms with van der Waals surface area (Å²) in [7, 11) is 0. The number of anilines is 2. The maximum Gasteiger partial charge on any atom is 0.338 e. The Balaban J connectivity index is 1.80. The Bertz CT molecular complexity index is 1140. The van der Waals surface area contributed by atoms with E-state index < -0.39 is 22.5 Å². The molecule has 3 rings (SSSR count). The summed E-state index contributed by atoms with van der Waals surface area (Å²) in [5.41, 5.74) is 0.233. The summed E-state index contributed by atoms with van der Waals surface area (Å²) < 4.78 is 4.87. The van der Waals surface area contributed by atoms with Crippen molar-refractivity contribution in [1.29, 1.82) is 0 Å². The molecule has 1 heterocycles. The molecule has 0 bridgehead atoms. The summed E-state index contributed by atoms with van der Waals surface area (Å²) in [5.74, 6) is -1.70. The number of rotatable bonds is 7. The van der Waals surface area contributed by atoms with Crippen LogP contribution in [0.15, 0.2) is 60.0 Å². The van der Waals surface area contributed by atoms with Gasteiger partial charge >= 0.3 is 5.97 Å². The smallest absolute Gasteiger partial charge is 0.338 e. The molecule has 31 heavy (non-hydrogen) atoms. The molecule has 0 aliphatic rings. The highest BCUT2D eigenvalue weighted by Crippen LogP contribution is 2.21. The highest BCUT2D eigenvalue weighted by molar-refractivity contribution is 7.12. The van der Waals surface area contributed by atoms with Crippen molar-refractivity contribution in [3.05, 3.63) is 86.1 Å². The highest BCUT2D eigenvalue weighted by atomic mass is 32.1. The quantitative estimate of drug-likeness (QED) is 0.320. The van der Waals surface area contributed by atoms with Gasteiger partial charge < -0.3 is 15.4 Å². The third-order valence-corrected chi connectivity index (χ3v) is 4.89. The fourth-order valence-electron chi connectivity index (χ4n) is 2.66. The number of hydrogen-bond acceptors (Lipinski definition) is 7. The van der Waals surface area contributed by atoms with E-state index in [1.165, 1.54) is 17.4 Å². The molecule has 10 heteroatoms.